The van der Waals surface area contributed by atoms with Crippen LogP contribution in [0.2, 0.25) is 0 Å². The maximum Gasteiger partial charge on any atom is 0.145 e. The number of hydrogen-bond donors (Lipinski definition) is 0. The van der Waals surface area contributed by atoms with E-state index in [1.807, 2.05) is 0 Å². The maximum absolute atomic E-state index is 6.22. The molecule has 0 aliphatic carbocycles. The fourth-order valence-corrected chi connectivity index (χ4v) is 3.08. The van der Waals surface area contributed by atoms with E-state index >= 15 is 0 Å². The molecule has 1 unspecified atom stereocenters. The molecule has 1 heterocycles. The Hall–Kier alpha value is -1.60. The van der Waals surface area contributed by atoms with Gasteiger partial charge in [-0.25, -0.2) is 0 Å². The second-order valence-electron chi connectivity index (χ2n) is 5.57. The van der Waals surface area contributed by atoms with Crippen molar-refractivity contribution in [1.29, 1.82) is 0 Å². The van der Waals surface area contributed by atoms with E-state index in [0.29, 0.717) is 6.10 Å². The van der Waals surface area contributed by atoms with Crippen LogP contribution < -0.4 is 0 Å². The first-order valence-corrected chi connectivity index (χ1v) is 7.67. The lowest BCUT2D eigenvalue weighted by molar-refractivity contribution is 0.321. The summed E-state index contributed by atoms with van der Waals surface area (Å²) in [5.41, 5.74) is 2.37. The number of hydrogen-bond acceptors (Lipinski definition) is 1. The van der Waals surface area contributed by atoms with Crippen molar-refractivity contribution < 1.29 is 4.74 Å². The van der Waals surface area contributed by atoms with Crippen LogP contribution >= 0.6 is 0 Å². The number of rotatable bonds is 6. The number of epoxide rings is 1. The largest absolute Gasteiger partial charge is 0.356 e. The molecule has 0 saturated carbocycles. The van der Waals surface area contributed by atoms with Gasteiger partial charge in [-0.05, 0) is 17.5 Å². The molecule has 0 radical (unpaired) electrons. The number of ether oxygens (including phenoxy) is 1. The summed E-state index contributed by atoms with van der Waals surface area (Å²) in [5, 5.41) is 0. The van der Waals surface area contributed by atoms with E-state index in [2.05, 4.69) is 67.6 Å². The normalized spacial score (nSPS) is 19.8. The summed E-state index contributed by atoms with van der Waals surface area (Å²) in [5.74, 6) is 0. The second-order valence-corrected chi connectivity index (χ2v) is 5.57. The molecule has 3 rings (SSSR count). The smallest absolute Gasteiger partial charge is 0.145 e. The van der Waals surface area contributed by atoms with Crippen molar-refractivity contribution in [2.45, 2.75) is 44.3 Å². The van der Waals surface area contributed by atoms with Gasteiger partial charge in [0.15, 0.2) is 0 Å². The Kier molecular flexibility index (Phi) is 3.88. The van der Waals surface area contributed by atoms with Crippen molar-refractivity contribution in [1.82, 2.24) is 0 Å². The SMILES string of the molecule is CCCCCC1OC1(c1ccccc1)c1ccccc1. The first-order valence-electron chi connectivity index (χ1n) is 7.67. The van der Waals surface area contributed by atoms with Gasteiger partial charge in [-0.3, -0.25) is 0 Å². The van der Waals surface area contributed by atoms with E-state index in [9.17, 15) is 0 Å². The van der Waals surface area contributed by atoms with Gasteiger partial charge in [0.1, 0.15) is 5.60 Å². The van der Waals surface area contributed by atoms with Crippen molar-refractivity contribution in [3.8, 4) is 0 Å². The zero-order chi connectivity index (χ0) is 13.8. The highest BCUT2D eigenvalue weighted by molar-refractivity contribution is 5.42. The predicted molar refractivity (Wildman–Crippen MR) is 82.7 cm³/mol. The van der Waals surface area contributed by atoms with Crippen LogP contribution in [0.5, 0.6) is 0 Å². The average molecular weight is 266 g/mol. The van der Waals surface area contributed by atoms with Crippen molar-refractivity contribution in [2.75, 3.05) is 0 Å². The summed E-state index contributed by atoms with van der Waals surface area (Å²) in [7, 11) is 0. The lowest BCUT2D eigenvalue weighted by atomic mass is 9.86. The van der Waals surface area contributed by atoms with Crippen LogP contribution in [0.15, 0.2) is 60.7 Å². The Morgan fingerprint density at radius 3 is 1.90 bits per heavy atom. The third kappa shape index (κ3) is 2.38. The highest BCUT2D eigenvalue weighted by atomic mass is 16.6. The Morgan fingerprint density at radius 1 is 0.850 bits per heavy atom. The quantitative estimate of drug-likeness (QED) is 0.534. The van der Waals surface area contributed by atoms with Gasteiger partial charge in [-0.2, -0.15) is 0 Å². The lowest BCUT2D eigenvalue weighted by Gasteiger charge is -2.14. The molecular weight excluding hydrogens is 244 g/mol. The molecule has 1 heteroatoms. The molecule has 20 heavy (non-hydrogen) atoms. The van der Waals surface area contributed by atoms with E-state index in [-0.39, 0.29) is 5.60 Å². The Bertz CT molecular complexity index is 493. The summed E-state index contributed by atoms with van der Waals surface area (Å²) in [6.45, 7) is 2.25. The highest BCUT2D eigenvalue weighted by Crippen LogP contribution is 2.53. The standard InChI is InChI=1S/C19H22O/c1-2-3-6-15-18-19(20-18,16-11-7-4-8-12-16)17-13-9-5-10-14-17/h4-5,7-14,18H,2-3,6,15H2,1H3. The van der Waals surface area contributed by atoms with E-state index in [1.165, 1.54) is 30.4 Å². The maximum atomic E-state index is 6.22. The van der Waals surface area contributed by atoms with E-state index < -0.39 is 0 Å². The van der Waals surface area contributed by atoms with Crippen molar-refractivity contribution >= 4 is 0 Å². The zero-order valence-electron chi connectivity index (χ0n) is 12.1. The van der Waals surface area contributed by atoms with Crippen LogP contribution in [-0.2, 0) is 10.3 Å². The van der Waals surface area contributed by atoms with Gasteiger partial charge in [-0.1, -0.05) is 86.8 Å². The summed E-state index contributed by atoms with van der Waals surface area (Å²) < 4.78 is 6.22. The minimum absolute atomic E-state index is 0.198. The van der Waals surface area contributed by atoms with Gasteiger partial charge in [0.25, 0.3) is 0 Å². The van der Waals surface area contributed by atoms with Gasteiger partial charge in [0.2, 0.25) is 0 Å². The fraction of sp³-hybridized carbons (Fsp3) is 0.368. The topological polar surface area (TPSA) is 12.5 Å². The van der Waals surface area contributed by atoms with E-state index in [4.69, 9.17) is 4.74 Å². The Labute approximate surface area is 121 Å². The van der Waals surface area contributed by atoms with Crippen LogP contribution in [0, 0.1) is 0 Å². The lowest BCUT2D eigenvalue weighted by Crippen LogP contribution is -2.14. The second kappa shape index (κ2) is 5.80. The summed E-state index contributed by atoms with van der Waals surface area (Å²) in [4.78, 5) is 0. The molecule has 1 fully saturated rings. The third-order valence-electron chi connectivity index (χ3n) is 4.20. The highest BCUT2D eigenvalue weighted by Gasteiger charge is 2.58. The Balaban J connectivity index is 1.87. The fourth-order valence-electron chi connectivity index (χ4n) is 3.08. The molecule has 2 aromatic carbocycles. The molecule has 1 saturated heterocycles. The number of unbranched alkanes of at least 4 members (excludes halogenated alkanes) is 2. The van der Waals surface area contributed by atoms with E-state index in [1.54, 1.807) is 0 Å². The third-order valence-corrected chi connectivity index (χ3v) is 4.20. The van der Waals surface area contributed by atoms with Gasteiger partial charge < -0.3 is 4.74 Å². The Morgan fingerprint density at radius 2 is 1.40 bits per heavy atom. The summed E-state index contributed by atoms with van der Waals surface area (Å²) in [6.07, 6.45) is 5.29. The zero-order valence-corrected chi connectivity index (χ0v) is 12.1. The minimum Gasteiger partial charge on any atom is -0.356 e. The number of benzene rings is 2. The van der Waals surface area contributed by atoms with Crippen molar-refractivity contribution in [2.24, 2.45) is 0 Å². The molecule has 0 spiro atoms. The van der Waals surface area contributed by atoms with Crippen LogP contribution in [-0.4, -0.2) is 6.10 Å². The molecule has 0 N–H and O–H groups in total. The molecule has 104 valence electrons. The average Bonchev–Trinajstić information content (AvgIpc) is 3.25. The molecule has 1 nitrogen and oxygen atoms in total. The molecule has 1 atom stereocenters. The predicted octanol–water partition coefficient (Wildman–Crippen LogP) is 4.91. The monoisotopic (exact) mass is 266 g/mol. The van der Waals surface area contributed by atoms with Gasteiger partial charge in [-0.15, -0.1) is 0 Å². The molecular formula is C19H22O. The molecule has 1 aliphatic heterocycles. The summed E-state index contributed by atoms with van der Waals surface area (Å²) in [6, 6.07) is 21.3. The van der Waals surface area contributed by atoms with Gasteiger partial charge >= 0.3 is 0 Å². The van der Waals surface area contributed by atoms with Gasteiger partial charge in [0.05, 0.1) is 6.10 Å². The summed E-state index contributed by atoms with van der Waals surface area (Å²) >= 11 is 0. The van der Waals surface area contributed by atoms with Crippen LogP contribution in [0.4, 0.5) is 0 Å². The molecule has 2 aromatic rings. The minimum atomic E-state index is -0.198. The van der Waals surface area contributed by atoms with Crippen LogP contribution in [0.3, 0.4) is 0 Å². The molecule has 0 amide bonds. The van der Waals surface area contributed by atoms with E-state index in [0.717, 1.165) is 6.42 Å². The molecule has 0 bridgehead atoms. The first kappa shape index (κ1) is 13.4. The van der Waals surface area contributed by atoms with Gasteiger partial charge in [0, 0.05) is 0 Å². The van der Waals surface area contributed by atoms with Crippen molar-refractivity contribution in [3.63, 3.8) is 0 Å². The van der Waals surface area contributed by atoms with Crippen LogP contribution in [0.1, 0.15) is 43.7 Å². The van der Waals surface area contributed by atoms with Crippen molar-refractivity contribution in [3.05, 3.63) is 71.8 Å². The first-order chi connectivity index (χ1) is 9.88. The molecule has 1 aliphatic rings. The molecule has 0 aromatic heterocycles. The van der Waals surface area contributed by atoms with Crippen LogP contribution in [0.25, 0.3) is 0 Å².